The molecule has 0 saturated carbocycles. The molecule has 1 heterocycles. The summed E-state index contributed by atoms with van der Waals surface area (Å²) in [5, 5.41) is 3.88. The molecule has 110 valence electrons. The van der Waals surface area contributed by atoms with Gasteiger partial charge in [-0.15, -0.1) is 0 Å². The van der Waals surface area contributed by atoms with Crippen LogP contribution >= 0.6 is 23.2 Å². The van der Waals surface area contributed by atoms with E-state index in [-0.39, 0.29) is 11.9 Å². The standard InChI is InChI=1S/C15H20Cl2N2O/c1-11(19-7-3-2-4-8-19)9-15(20)18-14-6-5-12(16)10-13(14)17/h5-6,10-11H,2-4,7-9H2,1H3,(H,18,20)/t11-/m1/s1. The minimum atomic E-state index is -0.00713. The maximum Gasteiger partial charge on any atom is 0.225 e. The Morgan fingerprint density at radius 1 is 1.30 bits per heavy atom. The second-order valence-electron chi connectivity index (χ2n) is 5.32. The van der Waals surface area contributed by atoms with Gasteiger partial charge in [-0.1, -0.05) is 29.6 Å². The SMILES string of the molecule is C[C@H](CC(=O)Nc1ccc(Cl)cc1Cl)N1CCCCC1. The lowest BCUT2D eigenvalue weighted by Gasteiger charge is -2.32. The molecular weight excluding hydrogens is 295 g/mol. The third-order valence-corrected chi connectivity index (χ3v) is 4.25. The summed E-state index contributed by atoms with van der Waals surface area (Å²) < 4.78 is 0. The van der Waals surface area contributed by atoms with Crippen molar-refractivity contribution in [2.45, 2.75) is 38.6 Å². The molecular formula is C15H20Cl2N2O. The van der Waals surface area contributed by atoms with E-state index in [4.69, 9.17) is 23.2 Å². The Hall–Kier alpha value is -0.770. The van der Waals surface area contributed by atoms with E-state index in [1.807, 2.05) is 0 Å². The van der Waals surface area contributed by atoms with E-state index in [1.165, 1.54) is 19.3 Å². The molecule has 0 radical (unpaired) electrons. The number of carbonyl (C=O) groups excluding carboxylic acids is 1. The quantitative estimate of drug-likeness (QED) is 0.903. The number of anilines is 1. The van der Waals surface area contributed by atoms with Crippen molar-refractivity contribution in [3.8, 4) is 0 Å². The maximum atomic E-state index is 12.1. The van der Waals surface area contributed by atoms with Crippen LogP contribution in [0, 0.1) is 0 Å². The lowest BCUT2D eigenvalue weighted by Crippen LogP contribution is -2.39. The van der Waals surface area contributed by atoms with Crippen molar-refractivity contribution < 1.29 is 4.79 Å². The molecule has 5 heteroatoms. The Labute approximate surface area is 130 Å². The lowest BCUT2D eigenvalue weighted by atomic mass is 10.1. The van der Waals surface area contributed by atoms with E-state index < -0.39 is 0 Å². The number of likely N-dealkylation sites (tertiary alicyclic amines) is 1. The number of piperidine rings is 1. The number of carbonyl (C=O) groups is 1. The van der Waals surface area contributed by atoms with Gasteiger partial charge in [-0.2, -0.15) is 0 Å². The van der Waals surface area contributed by atoms with Crippen LogP contribution in [-0.2, 0) is 4.79 Å². The molecule has 20 heavy (non-hydrogen) atoms. The van der Waals surface area contributed by atoms with Gasteiger partial charge in [0, 0.05) is 17.5 Å². The highest BCUT2D eigenvalue weighted by Gasteiger charge is 2.19. The second-order valence-corrected chi connectivity index (χ2v) is 6.17. The fraction of sp³-hybridized carbons (Fsp3) is 0.533. The molecule has 0 spiro atoms. The number of nitrogens with one attached hydrogen (secondary N) is 1. The second kappa shape index (κ2) is 7.30. The zero-order valence-electron chi connectivity index (χ0n) is 11.7. The Morgan fingerprint density at radius 3 is 2.65 bits per heavy atom. The van der Waals surface area contributed by atoms with Crippen LogP contribution in [0.2, 0.25) is 10.0 Å². The number of hydrogen-bond acceptors (Lipinski definition) is 2. The first-order valence-electron chi connectivity index (χ1n) is 7.05. The fourth-order valence-electron chi connectivity index (χ4n) is 2.55. The van der Waals surface area contributed by atoms with Crippen molar-refractivity contribution in [2.75, 3.05) is 18.4 Å². The molecule has 1 amide bonds. The van der Waals surface area contributed by atoms with Crippen molar-refractivity contribution in [2.24, 2.45) is 0 Å². The van der Waals surface area contributed by atoms with Crippen LogP contribution in [0.25, 0.3) is 0 Å². The van der Waals surface area contributed by atoms with Crippen LogP contribution < -0.4 is 5.32 Å². The predicted octanol–water partition coefficient (Wildman–Crippen LogP) is 4.20. The van der Waals surface area contributed by atoms with E-state index in [1.54, 1.807) is 18.2 Å². The molecule has 0 aromatic heterocycles. The van der Waals surface area contributed by atoms with Crippen LogP contribution in [0.3, 0.4) is 0 Å². The van der Waals surface area contributed by atoms with Crippen molar-refractivity contribution in [1.29, 1.82) is 0 Å². The molecule has 0 aliphatic carbocycles. The largest absolute Gasteiger partial charge is 0.325 e. The monoisotopic (exact) mass is 314 g/mol. The molecule has 1 saturated heterocycles. The maximum absolute atomic E-state index is 12.1. The van der Waals surface area contributed by atoms with E-state index in [0.717, 1.165) is 13.1 Å². The van der Waals surface area contributed by atoms with Gasteiger partial charge in [0.2, 0.25) is 5.91 Å². The van der Waals surface area contributed by atoms with Crippen molar-refractivity contribution in [1.82, 2.24) is 4.90 Å². The van der Waals surface area contributed by atoms with Gasteiger partial charge < -0.3 is 10.2 Å². The molecule has 1 aromatic rings. The normalized spacial score (nSPS) is 17.8. The Morgan fingerprint density at radius 2 is 2.00 bits per heavy atom. The topological polar surface area (TPSA) is 32.3 Å². The molecule has 1 aromatic carbocycles. The summed E-state index contributed by atoms with van der Waals surface area (Å²) >= 11 is 11.9. The average Bonchev–Trinajstić information content (AvgIpc) is 2.43. The van der Waals surface area contributed by atoms with Gasteiger partial charge in [0.1, 0.15) is 0 Å². The number of benzene rings is 1. The Kier molecular flexibility index (Phi) is 5.70. The summed E-state index contributed by atoms with van der Waals surface area (Å²) in [4.78, 5) is 14.5. The van der Waals surface area contributed by atoms with Crippen LogP contribution in [0.1, 0.15) is 32.6 Å². The minimum absolute atomic E-state index is 0.00713. The highest BCUT2D eigenvalue weighted by Crippen LogP contribution is 2.25. The van der Waals surface area contributed by atoms with Gasteiger partial charge in [0.15, 0.2) is 0 Å². The van der Waals surface area contributed by atoms with Crippen LogP contribution in [0.5, 0.6) is 0 Å². The van der Waals surface area contributed by atoms with E-state index in [2.05, 4.69) is 17.1 Å². The average molecular weight is 315 g/mol. The molecule has 1 aliphatic rings. The molecule has 1 aliphatic heterocycles. The molecule has 1 atom stereocenters. The third-order valence-electron chi connectivity index (χ3n) is 3.70. The first-order valence-corrected chi connectivity index (χ1v) is 7.81. The van der Waals surface area contributed by atoms with Crippen LogP contribution in [-0.4, -0.2) is 29.9 Å². The zero-order valence-corrected chi connectivity index (χ0v) is 13.2. The highest BCUT2D eigenvalue weighted by molar-refractivity contribution is 6.36. The van der Waals surface area contributed by atoms with Crippen LogP contribution in [0.4, 0.5) is 5.69 Å². The number of hydrogen-bond donors (Lipinski definition) is 1. The van der Waals surface area contributed by atoms with Crippen LogP contribution in [0.15, 0.2) is 18.2 Å². The number of halogens is 2. The predicted molar refractivity (Wildman–Crippen MR) is 84.6 cm³/mol. The van der Waals surface area contributed by atoms with Crippen molar-refractivity contribution in [3.63, 3.8) is 0 Å². The number of rotatable bonds is 4. The fourth-order valence-corrected chi connectivity index (χ4v) is 3.00. The van der Waals surface area contributed by atoms with Gasteiger partial charge in [-0.25, -0.2) is 0 Å². The van der Waals surface area contributed by atoms with Gasteiger partial charge in [0.25, 0.3) is 0 Å². The summed E-state index contributed by atoms with van der Waals surface area (Å²) in [6.45, 7) is 4.29. The van der Waals surface area contributed by atoms with Gasteiger partial charge in [-0.3, -0.25) is 4.79 Å². The molecule has 1 fully saturated rings. The van der Waals surface area contributed by atoms with E-state index >= 15 is 0 Å². The van der Waals surface area contributed by atoms with Crippen molar-refractivity contribution in [3.05, 3.63) is 28.2 Å². The highest BCUT2D eigenvalue weighted by atomic mass is 35.5. The first-order chi connectivity index (χ1) is 9.56. The summed E-state index contributed by atoms with van der Waals surface area (Å²) in [6.07, 6.45) is 4.25. The Balaban J connectivity index is 1.88. The van der Waals surface area contributed by atoms with Crippen molar-refractivity contribution >= 4 is 34.8 Å². The minimum Gasteiger partial charge on any atom is -0.325 e. The summed E-state index contributed by atoms with van der Waals surface area (Å²) in [5.74, 6) is -0.00713. The van der Waals surface area contributed by atoms with Gasteiger partial charge in [-0.05, 0) is 51.1 Å². The van der Waals surface area contributed by atoms with E-state index in [0.29, 0.717) is 22.2 Å². The molecule has 1 N–H and O–H groups in total. The summed E-state index contributed by atoms with van der Waals surface area (Å²) in [6, 6.07) is 5.35. The lowest BCUT2D eigenvalue weighted by molar-refractivity contribution is -0.117. The first kappa shape index (κ1) is 15.6. The van der Waals surface area contributed by atoms with E-state index in [9.17, 15) is 4.79 Å². The van der Waals surface area contributed by atoms with Gasteiger partial charge in [0.05, 0.1) is 10.7 Å². The molecule has 3 nitrogen and oxygen atoms in total. The smallest absolute Gasteiger partial charge is 0.225 e. The zero-order chi connectivity index (χ0) is 14.5. The third kappa shape index (κ3) is 4.37. The molecule has 0 bridgehead atoms. The molecule has 0 unspecified atom stereocenters. The summed E-state index contributed by atoms with van der Waals surface area (Å²) in [5.41, 5.74) is 0.618. The van der Waals surface area contributed by atoms with Gasteiger partial charge >= 0.3 is 0 Å². The number of nitrogens with zero attached hydrogens (tertiary/aromatic N) is 1. The number of amides is 1. The summed E-state index contributed by atoms with van der Waals surface area (Å²) in [7, 11) is 0. The molecule has 2 rings (SSSR count). The Bertz CT molecular complexity index is 473.